The highest BCUT2D eigenvalue weighted by Gasteiger charge is 2.46. The average molecular weight is 653 g/mol. The Morgan fingerprint density at radius 2 is 1.90 bits per heavy atom. The lowest BCUT2D eigenvalue weighted by Crippen LogP contribution is -2.43. The van der Waals surface area contributed by atoms with Gasteiger partial charge in [0.05, 0.1) is 34.6 Å². The summed E-state index contributed by atoms with van der Waals surface area (Å²) in [7, 11) is 0. The van der Waals surface area contributed by atoms with Crippen molar-refractivity contribution < 1.29 is 27.4 Å². The van der Waals surface area contributed by atoms with Gasteiger partial charge in [-0.25, -0.2) is 4.98 Å². The van der Waals surface area contributed by atoms with E-state index in [-0.39, 0.29) is 30.1 Å². The SMILES string of the molecule is CC1(O)CC(n2ncc(-c3cnc(CC(CCBr)Cc4cccc(OCc5ccccc5)c4Cl)o3)c2C(F)(F)F)C1. The van der Waals surface area contributed by atoms with Gasteiger partial charge in [-0.05, 0) is 55.7 Å². The first kappa shape index (κ1) is 29.7. The highest BCUT2D eigenvalue weighted by Crippen LogP contribution is 2.46. The molecule has 2 aromatic carbocycles. The molecule has 4 aromatic rings. The second-order valence-corrected chi connectivity index (χ2v) is 12.0. The number of alkyl halides is 4. The zero-order valence-electron chi connectivity index (χ0n) is 22.4. The lowest BCUT2D eigenvalue weighted by atomic mass is 9.77. The molecule has 0 saturated heterocycles. The maximum atomic E-state index is 14.1. The van der Waals surface area contributed by atoms with Crippen LogP contribution < -0.4 is 4.74 Å². The highest BCUT2D eigenvalue weighted by molar-refractivity contribution is 9.09. The molecule has 1 unspecified atom stereocenters. The van der Waals surface area contributed by atoms with Gasteiger partial charge in [-0.1, -0.05) is 70.0 Å². The Morgan fingerprint density at radius 3 is 2.59 bits per heavy atom. The fourth-order valence-corrected chi connectivity index (χ4v) is 6.21. The number of oxazole rings is 1. The highest BCUT2D eigenvalue weighted by atomic mass is 79.9. The van der Waals surface area contributed by atoms with Crippen LogP contribution in [0.5, 0.6) is 5.75 Å². The van der Waals surface area contributed by atoms with Gasteiger partial charge in [0.15, 0.2) is 17.3 Å². The number of hydrogen-bond donors (Lipinski definition) is 1. The number of halogens is 5. The van der Waals surface area contributed by atoms with Crippen LogP contribution in [0.1, 0.15) is 54.9 Å². The molecule has 2 heterocycles. The molecular formula is C30H30BrClF3N3O3. The zero-order chi connectivity index (χ0) is 29.2. The van der Waals surface area contributed by atoms with E-state index in [1.807, 2.05) is 48.5 Å². The minimum absolute atomic E-state index is 0.0107. The maximum absolute atomic E-state index is 14.1. The molecule has 1 aliphatic carbocycles. The number of benzene rings is 2. The number of nitrogens with zero attached hydrogens (tertiary/aromatic N) is 3. The van der Waals surface area contributed by atoms with E-state index < -0.39 is 23.5 Å². The van der Waals surface area contributed by atoms with Gasteiger partial charge in [-0.3, -0.25) is 4.68 Å². The van der Waals surface area contributed by atoms with Crippen molar-refractivity contribution in [3.63, 3.8) is 0 Å². The van der Waals surface area contributed by atoms with Gasteiger partial charge in [-0.2, -0.15) is 18.3 Å². The molecular weight excluding hydrogens is 623 g/mol. The molecule has 0 radical (unpaired) electrons. The molecule has 5 rings (SSSR count). The minimum Gasteiger partial charge on any atom is -0.487 e. The summed E-state index contributed by atoms with van der Waals surface area (Å²) in [6.45, 7) is 2.00. The van der Waals surface area contributed by atoms with E-state index in [2.05, 4.69) is 26.0 Å². The molecule has 6 nitrogen and oxygen atoms in total. The lowest BCUT2D eigenvalue weighted by molar-refractivity contribution is -0.148. The van der Waals surface area contributed by atoms with Gasteiger partial charge in [-0.15, -0.1) is 0 Å². The second-order valence-electron chi connectivity index (χ2n) is 10.8. The van der Waals surface area contributed by atoms with Crippen LogP contribution in [0, 0.1) is 5.92 Å². The van der Waals surface area contributed by atoms with E-state index in [0.29, 0.717) is 36.1 Å². The Balaban J connectivity index is 1.31. The molecule has 0 bridgehead atoms. The first-order valence-corrected chi connectivity index (χ1v) is 14.9. The largest absolute Gasteiger partial charge is 0.487 e. The lowest BCUT2D eigenvalue weighted by Gasteiger charge is -2.41. The third-order valence-electron chi connectivity index (χ3n) is 7.35. The summed E-state index contributed by atoms with van der Waals surface area (Å²) in [6, 6.07) is 15.0. The van der Waals surface area contributed by atoms with Crippen molar-refractivity contribution in [3.8, 4) is 17.1 Å². The summed E-state index contributed by atoms with van der Waals surface area (Å²) in [6.07, 6.45) is 0.0355. The molecule has 1 N–H and O–H groups in total. The Kier molecular flexibility index (Phi) is 8.82. The molecule has 0 spiro atoms. The van der Waals surface area contributed by atoms with Crippen LogP contribution in [0.2, 0.25) is 5.02 Å². The average Bonchev–Trinajstić information content (AvgIpc) is 3.56. The molecule has 11 heteroatoms. The van der Waals surface area contributed by atoms with E-state index in [1.165, 1.54) is 6.20 Å². The van der Waals surface area contributed by atoms with Crippen LogP contribution in [0.25, 0.3) is 11.3 Å². The second kappa shape index (κ2) is 12.2. The summed E-state index contributed by atoms with van der Waals surface area (Å²) in [5.41, 5.74) is -0.0977. The molecule has 41 heavy (non-hydrogen) atoms. The fourth-order valence-electron chi connectivity index (χ4n) is 5.31. The molecule has 0 aliphatic heterocycles. The normalized spacial score (nSPS) is 19.6. The Bertz CT molecular complexity index is 1460. The van der Waals surface area contributed by atoms with Crippen molar-refractivity contribution in [2.45, 2.75) is 63.5 Å². The Hall–Kier alpha value is -2.82. The van der Waals surface area contributed by atoms with Crippen molar-refractivity contribution in [1.29, 1.82) is 0 Å². The van der Waals surface area contributed by atoms with Crippen LogP contribution >= 0.6 is 27.5 Å². The van der Waals surface area contributed by atoms with E-state index in [4.69, 9.17) is 20.8 Å². The van der Waals surface area contributed by atoms with Crippen LogP contribution in [0.15, 0.2) is 65.3 Å². The van der Waals surface area contributed by atoms with Crippen LogP contribution in [0.3, 0.4) is 0 Å². The van der Waals surface area contributed by atoms with Crippen molar-refractivity contribution in [2.24, 2.45) is 5.92 Å². The van der Waals surface area contributed by atoms with Crippen LogP contribution in [-0.2, 0) is 25.6 Å². The van der Waals surface area contributed by atoms with Gasteiger partial charge in [0.2, 0.25) is 0 Å². The van der Waals surface area contributed by atoms with Crippen LogP contribution in [-0.4, -0.2) is 30.8 Å². The third-order valence-corrected chi connectivity index (χ3v) is 8.24. The molecule has 2 aromatic heterocycles. The van der Waals surface area contributed by atoms with E-state index in [0.717, 1.165) is 33.8 Å². The van der Waals surface area contributed by atoms with Crippen molar-refractivity contribution in [3.05, 3.63) is 88.7 Å². The van der Waals surface area contributed by atoms with Gasteiger partial charge >= 0.3 is 6.18 Å². The molecule has 1 aliphatic rings. The van der Waals surface area contributed by atoms with Gasteiger partial charge in [0.1, 0.15) is 12.4 Å². The summed E-state index contributed by atoms with van der Waals surface area (Å²) < 4.78 is 55.1. The fraction of sp³-hybridized carbons (Fsp3) is 0.400. The molecule has 0 amide bonds. The Morgan fingerprint density at radius 1 is 1.15 bits per heavy atom. The molecule has 1 fully saturated rings. The smallest absolute Gasteiger partial charge is 0.433 e. The van der Waals surface area contributed by atoms with Crippen molar-refractivity contribution >= 4 is 27.5 Å². The third kappa shape index (κ3) is 6.98. The zero-order valence-corrected chi connectivity index (χ0v) is 24.7. The van der Waals surface area contributed by atoms with Crippen molar-refractivity contribution in [2.75, 3.05) is 5.33 Å². The predicted molar refractivity (Wildman–Crippen MR) is 153 cm³/mol. The molecule has 218 valence electrons. The Labute approximate surface area is 249 Å². The summed E-state index contributed by atoms with van der Waals surface area (Å²) in [4.78, 5) is 4.31. The van der Waals surface area contributed by atoms with Gasteiger partial charge in [0, 0.05) is 11.8 Å². The molecule has 1 atom stereocenters. The first-order valence-electron chi connectivity index (χ1n) is 13.4. The number of rotatable bonds is 11. The summed E-state index contributed by atoms with van der Waals surface area (Å²) in [5, 5.41) is 15.3. The van der Waals surface area contributed by atoms with E-state index in [1.54, 1.807) is 6.92 Å². The first-order chi connectivity index (χ1) is 19.5. The number of aromatic nitrogens is 3. The van der Waals surface area contributed by atoms with E-state index >= 15 is 0 Å². The predicted octanol–water partition coefficient (Wildman–Crippen LogP) is 8.06. The standard InChI is InChI=1S/C30H30BrClF3N3O3/c1-29(39)14-22(15-29)38-28(30(33,34)35)23(16-37-38)25-17-36-26(41-25)13-20(10-11-31)12-21-8-5-9-24(27(21)32)40-18-19-6-3-2-4-7-19/h2-9,16-17,20,22,39H,10-15,18H2,1H3. The number of hydrogen-bond acceptors (Lipinski definition) is 5. The van der Waals surface area contributed by atoms with Crippen LogP contribution in [0.4, 0.5) is 13.2 Å². The van der Waals surface area contributed by atoms with Gasteiger partial charge < -0.3 is 14.3 Å². The topological polar surface area (TPSA) is 73.3 Å². The van der Waals surface area contributed by atoms with Crippen molar-refractivity contribution in [1.82, 2.24) is 14.8 Å². The molecule has 1 saturated carbocycles. The number of aliphatic hydroxyl groups is 1. The van der Waals surface area contributed by atoms with Gasteiger partial charge in [0.25, 0.3) is 0 Å². The summed E-state index contributed by atoms with van der Waals surface area (Å²) >= 11 is 10.2. The summed E-state index contributed by atoms with van der Waals surface area (Å²) in [5.74, 6) is 1.00. The monoisotopic (exact) mass is 651 g/mol. The maximum Gasteiger partial charge on any atom is 0.433 e. The quantitative estimate of drug-likeness (QED) is 0.166. The van der Waals surface area contributed by atoms with E-state index in [9.17, 15) is 18.3 Å². The minimum atomic E-state index is -4.65. The number of ether oxygens (including phenoxy) is 1.